The minimum Gasteiger partial charge on any atom is -0.379 e. The molecule has 0 fully saturated rings. The summed E-state index contributed by atoms with van der Waals surface area (Å²) in [6, 6.07) is 0. The normalized spacial score (nSPS) is 10.6. The molecule has 0 saturated heterocycles. The summed E-state index contributed by atoms with van der Waals surface area (Å²) < 4.78 is 20.8. The fraction of sp³-hybridized carbons (Fsp3) is 0.909. The van der Waals surface area contributed by atoms with Gasteiger partial charge in [0.15, 0.2) is 0 Å². The smallest absolute Gasteiger partial charge is 0.122 e. The molecule has 5 nitrogen and oxygen atoms in total. The number of aldehydes is 1. The first-order valence-electron chi connectivity index (χ1n) is 5.77. The van der Waals surface area contributed by atoms with E-state index in [1.807, 2.05) is 0 Å². The van der Waals surface area contributed by atoms with Gasteiger partial charge in [0.2, 0.25) is 0 Å². The first kappa shape index (κ1) is 16.9. The van der Waals surface area contributed by atoms with E-state index < -0.39 is 0 Å². The molecule has 17 heavy (non-hydrogen) atoms. The van der Waals surface area contributed by atoms with E-state index in [0.29, 0.717) is 59.3 Å². The molecule has 0 saturated carbocycles. The molecule has 0 spiro atoms. The number of rotatable bonds is 14. The van der Waals surface area contributed by atoms with Crippen molar-refractivity contribution in [3.8, 4) is 0 Å². The van der Waals surface area contributed by atoms with E-state index in [9.17, 15) is 4.79 Å². The van der Waals surface area contributed by atoms with E-state index >= 15 is 0 Å². The zero-order chi connectivity index (χ0) is 12.6. The summed E-state index contributed by atoms with van der Waals surface area (Å²) in [4.78, 5) is 9.96. The SMILES string of the molecule is O=CCCOCCOCCOCCOCCS. The van der Waals surface area contributed by atoms with E-state index in [2.05, 4.69) is 12.6 Å². The van der Waals surface area contributed by atoms with Crippen molar-refractivity contribution in [3.05, 3.63) is 0 Å². The number of hydrogen-bond donors (Lipinski definition) is 1. The third kappa shape index (κ3) is 15.9. The van der Waals surface area contributed by atoms with Crippen molar-refractivity contribution < 1.29 is 23.7 Å². The van der Waals surface area contributed by atoms with Crippen molar-refractivity contribution in [3.63, 3.8) is 0 Å². The molecule has 0 aliphatic rings. The van der Waals surface area contributed by atoms with Gasteiger partial charge in [-0.3, -0.25) is 0 Å². The first-order valence-corrected chi connectivity index (χ1v) is 6.40. The number of ether oxygens (including phenoxy) is 4. The van der Waals surface area contributed by atoms with Crippen LogP contribution in [0, 0.1) is 0 Å². The lowest BCUT2D eigenvalue weighted by Gasteiger charge is -2.06. The van der Waals surface area contributed by atoms with Crippen LogP contribution in [0.15, 0.2) is 0 Å². The van der Waals surface area contributed by atoms with Crippen LogP contribution in [0.2, 0.25) is 0 Å². The fourth-order valence-corrected chi connectivity index (χ4v) is 1.09. The molecular formula is C11H22O5S. The third-order valence-electron chi connectivity index (χ3n) is 1.73. The molecule has 0 amide bonds. The highest BCUT2D eigenvalue weighted by molar-refractivity contribution is 7.80. The molecule has 0 bridgehead atoms. The molecule has 0 aromatic rings. The Hall–Kier alpha value is -0.140. The van der Waals surface area contributed by atoms with E-state index in [-0.39, 0.29) is 0 Å². The second kappa shape index (κ2) is 15.9. The lowest BCUT2D eigenvalue weighted by atomic mass is 10.5. The van der Waals surface area contributed by atoms with Gasteiger partial charge in [0.25, 0.3) is 0 Å². The van der Waals surface area contributed by atoms with Crippen LogP contribution < -0.4 is 0 Å². The Bertz CT molecular complexity index is 157. The maximum atomic E-state index is 9.96. The summed E-state index contributed by atoms with van der Waals surface area (Å²) in [6.45, 7) is 4.43. The van der Waals surface area contributed by atoms with Crippen LogP contribution >= 0.6 is 12.6 Å². The summed E-state index contributed by atoms with van der Waals surface area (Å²) in [7, 11) is 0. The lowest BCUT2D eigenvalue weighted by Crippen LogP contribution is -2.12. The summed E-state index contributed by atoms with van der Waals surface area (Å²) >= 11 is 4.02. The highest BCUT2D eigenvalue weighted by Gasteiger charge is 1.92. The predicted molar refractivity (Wildman–Crippen MR) is 67.8 cm³/mol. The third-order valence-corrected chi connectivity index (χ3v) is 1.91. The van der Waals surface area contributed by atoms with Crippen LogP contribution in [0.25, 0.3) is 0 Å². The molecule has 0 radical (unpaired) electrons. The predicted octanol–water partition coefficient (Wildman–Crippen LogP) is 0.572. The van der Waals surface area contributed by atoms with Crippen LogP contribution in [0.4, 0.5) is 0 Å². The lowest BCUT2D eigenvalue weighted by molar-refractivity contribution is -0.108. The van der Waals surface area contributed by atoms with Gasteiger partial charge in [0, 0.05) is 12.2 Å². The highest BCUT2D eigenvalue weighted by Crippen LogP contribution is 1.84. The minimum atomic E-state index is 0.440. The van der Waals surface area contributed by atoms with Gasteiger partial charge < -0.3 is 23.7 Å². The fourth-order valence-electron chi connectivity index (χ4n) is 0.958. The van der Waals surface area contributed by atoms with Gasteiger partial charge in [-0.05, 0) is 0 Å². The van der Waals surface area contributed by atoms with Gasteiger partial charge in [-0.15, -0.1) is 0 Å². The second-order valence-electron chi connectivity index (χ2n) is 3.13. The molecular weight excluding hydrogens is 244 g/mol. The summed E-state index contributed by atoms with van der Waals surface area (Å²) in [5.41, 5.74) is 0. The molecule has 6 heteroatoms. The largest absolute Gasteiger partial charge is 0.379 e. The Balaban J connectivity index is 2.87. The van der Waals surface area contributed by atoms with Crippen molar-refractivity contribution in [2.75, 3.05) is 58.6 Å². The first-order chi connectivity index (χ1) is 8.41. The molecule has 0 aliphatic carbocycles. The Morgan fingerprint density at radius 2 is 1.12 bits per heavy atom. The molecule has 0 atom stereocenters. The molecule has 102 valence electrons. The van der Waals surface area contributed by atoms with Crippen LogP contribution in [-0.4, -0.2) is 64.9 Å². The van der Waals surface area contributed by atoms with Gasteiger partial charge in [0.05, 0.1) is 52.9 Å². The Morgan fingerprint density at radius 3 is 1.53 bits per heavy atom. The zero-order valence-corrected chi connectivity index (χ0v) is 11.0. The van der Waals surface area contributed by atoms with Gasteiger partial charge in [-0.1, -0.05) is 0 Å². The zero-order valence-electron chi connectivity index (χ0n) is 10.1. The average molecular weight is 266 g/mol. The summed E-state index contributed by atoms with van der Waals surface area (Å²) in [5, 5.41) is 0. The number of hydrogen-bond acceptors (Lipinski definition) is 6. The van der Waals surface area contributed by atoms with Crippen LogP contribution in [0.1, 0.15) is 6.42 Å². The molecule has 0 aromatic heterocycles. The quantitative estimate of drug-likeness (QED) is 0.283. The maximum Gasteiger partial charge on any atom is 0.122 e. The monoisotopic (exact) mass is 266 g/mol. The van der Waals surface area contributed by atoms with E-state index in [4.69, 9.17) is 18.9 Å². The topological polar surface area (TPSA) is 54.0 Å². The number of carbonyl (C=O) groups is 1. The molecule has 0 N–H and O–H groups in total. The Labute approximate surface area is 108 Å². The van der Waals surface area contributed by atoms with Crippen LogP contribution in [0.3, 0.4) is 0 Å². The maximum absolute atomic E-state index is 9.96. The Kier molecular flexibility index (Phi) is 15.7. The van der Waals surface area contributed by atoms with E-state index in [1.165, 1.54) is 0 Å². The van der Waals surface area contributed by atoms with Crippen LogP contribution in [-0.2, 0) is 23.7 Å². The number of thiol groups is 1. The van der Waals surface area contributed by atoms with Gasteiger partial charge >= 0.3 is 0 Å². The van der Waals surface area contributed by atoms with E-state index in [1.54, 1.807) is 0 Å². The standard InChI is InChI=1S/C11H22O5S/c12-2-1-3-13-4-5-14-6-7-15-8-9-16-10-11-17/h2,17H,1,3-11H2. The molecule has 0 aromatic carbocycles. The van der Waals surface area contributed by atoms with Gasteiger partial charge in [0.1, 0.15) is 6.29 Å². The van der Waals surface area contributed by atoms with Crippen molar-refractivity contribution in [1.82, 2.24) is 0 Å². The average Bonchev–Trinajstić information content (AvgIpc) is 2.35. The molecule has 0 rings (SSSR count). The van der Waals surface area contributed by atoms with Crippen molar-refractivity contribution >= 4 is 18.9 Å². The van der Waals surface area contributed by atoms with Crippen molar-refractivity contribution in [1.29, 1.82) is 0 Å². The minimum absolute atomic E-state index is 0.440. The second-order valence-corrected chi connectivity index (χ2v) is 3.58. The van der Waals surface area contributed by atoms with Crippen molar-refractivity contribution in [2.45, 2.75) is 6.42 Å². The Morgan fingerprint density at radius 1 is 0.706 bits per heavy atom. The molecule has 0 unspecified atom stereocenters. The highest BCUT2D eigenvalue weighted by atomic mass is 32.1. The van der Waals surface area contributed by atoms with Gasteiger partial charge in [-0.2, -0.15) is 12.6 Å². The van der Waals surface area contributed by atoms with Gasteiger partial charge in [-0.25, -0.2) is 0 Å². The number of carbonyl (C=O) groups excluding carboxylic acids is 1. The summed E-state index contributed by atoms with van der Waals surface area (Å²) in [5.74, 6) is 0.729. The molecule has 0 aliphatic heterocycles. The van der Waals surface area contributed by atoms with Crippen molar-refractivity contribution in [2.24, 2.45) is 0 Å². The molecule has 0 heterocycles. The van der Waals surface area contributed by atoms with Crippen LogP contribution in [0.5, 0.6) is 0 Å². The summed E-state index contributed by atoms with van der Waals surface area (Å²) in [6.07, 6.45) is 1.28. The van der Waals surface area contributed by atoms with E-state index in [0.717, 1.165) is 12.0 Å².